The summed E-state index contributed by atoms with van der Waals surface area (Å²) in [7, 11) is -3.70. The van der Waals surface area contributed by atoms with E-state index in [4.69, 9.17) is 0 Å². The van der Waals surface area contributed by atoms with Crippen LogP contribution < -0.4 is 10.5 Å². The zero-order valence-corrected chi connectivity index (χ0v) is 20.3. The van der Waals surface area contributed by atoms with Gasteiger partial charge in [-0.25, -0.2) is 8.42 Å². The first kappa shape index (κ1) is 25.4. The van der Waals surface area contributed by atoms with E-state index < -0.39 is 21.8 Å². The second kappa shape index (κ2) is 9.41. The Morgan fingerprint density at radius 1 is 1.14 bits per heavy atom. The lowest BCUT2D eigenvalue weighted by molar-refractivity contribution is -0.258. The molecule has 0 amide bonds. The summed E-state index contributed by atoms with van der Waals surface area (Å²) in [6, 6.07) is 11.4. The van der Waals surface area contributed by atoms with Gasteiger partial charge in [-0.15, -0.1) is 11.3 Å². The standard InChI is InChI=1S/C23H24F3N3O4S2/c1-22(31,23(24,25)26)17-4-6-18(7-5-17)29-11-10-28(35(32,33)21-3-2-12-34-21)15-19(29)13-16-8-9-27-20(30)14-16/h2-9,12,14,19,31H,10-11,13,15H2,1H3,(H,27,30)/t19-,22?/m0/s1. The van der Waals surface area contributed by atoms with Crippen molar-refractivity contribution in [3.05, 3.63) is 81.6 Å². The minimum absolute atomic E-state index is 0.134. The van der Waals surface area contributed by atoms with Gasteiger partial charge in [-0.3, -0.25) is 4.79 Å². The van der Waals surface area contributed by atoms with Gasteiger partial charge in [0.05, 0.1) is 0 Å². The van der Waals surface area contributed by atoms with Gasteiger partial charge in [0.2, 0.25) is 5.56 Å². The molecule has 1 aliphatic heterocycles. The molecule has 0 radical (unpaired) electrons. The third-order valence-corrected chi connectivity index (χ3v) is 9.40. The van der Waals surface area contributed by atoms with Gasteiger partial charge in [0.25, 0.3) is 10.0 Å². The van der Waals surface area contributed by atoms with Crippen LogP contribution in [0.3, 0.4) is 0 Å². The fraction of sp³-hybridized carbons (Fsp3) is 0.348. The van der Waals surface area contributed by atoms with Gasteiger partial charge >= 0.3 is 6.18 Å². The number of aromatic amines is 1. The number of nitrogens with one attached hydrogen (secondary N) is 1. The van der Waals surface area contributed by atoms with Crippen molar-refractivity contribution in [1.29, 1.82) is 0 Å². The van der Waals surface area contributed by atoms with Crippen molar-refractivity contribution in [3.8, 4) is 0 Å². The number of benzene rings is 1. The van der Waals surface area contributed by atoms with E-state index in [0.29, 0.717) is 31.1 Å². The molecule has 188 valence electrons. The molecule has 0 bridgehead atoms. The lowest BCUT2D eigenvalue weighted by Gasteiger charge is -2.42. The first-order valence-corrected chi connectivity index (χ1v) is 13.1. The highest BCUT2D eigenvalue weighted by atomic mass is 32.2. The number of hydrogen-bond donors (Lipinski definition) is 2. The van der Waals surface area contributed by atoms with Gasteiger partial charge in [0.1, 0.15) is 4.21 Å². The number of thiophene rings is 1. The van der Waals surface area contributed by atoms with Crippen LogP contribution in [0.4, 0.5) is 18.9 Å². The van der Waals surface area contributed by atoms with Gasteiger partial charge in [-0.2, -0.15) is 17.5 Å². The van der Waals surface area contributed by atoms with Crippen LogP contribution in [0.2, 0.25) is 0 Å². The average Bonchev–Trinajstić information content (AvgIpc) is 3.34. The molecular weight excluding hydrogens is 503 g/mol. The number of halogens is 3. The maximum atomic E-state index is 13.2. The van der Waals surface area contributed by atoms with E-state index in [9.17, 15) is 31.5 Å². The van der Waals surface area contributed by atoms with Crippen LogP contribution in [0.1, 0.15) is 18.1 Å². The van der Waals surface area contributed by atoms with Crippen LogP contribution in [0.25, 0.3) is 0 Å². The Hall–Kier alpha value is -2.67. The van der Waals surface area contributed by atoms with Crippen molar-refractivity contribution in [3.63, 3.8) is 0 Å². The van der Waals surface area contributed by atoms with Gasteiger partial charge < -0.3 is 15.0 Å². The summed E-state index contributed by atoms with van der Waals surface area (Å²) in [5, 5.41) is 11.7. The van der Waals surface area contributed by atoms with Crippen LogP contribution >= 0.6 is 11.3 Å². The molecule has 7 nitrogen and oxygen atoms in total. The Morgan fingerprint density at radius 2 is 1.86 bits per heavy atom. The number of aliphatic hydroxyl groups is 1. The number of anilines is 1. The van der Waals surface area contributed by atoms with Crippen molar-refractivity contribution in [2.24, 2.45) is 0 Å². The predicted molar refractivity (Wildman–Crippen MR) is 127 cm³/mol. The zero-order valence-electron chi connectivity index (χ0n) is 18.7. The topological polar surface area (TPSA) is 93.7 Å². The Morgan fingerprint density at radius 3 is 2.46 bits per heavy atom. The van der Waals surface area contributed by atoms with Crippen molar-refractivity contribution in [2.75, 3.05) is 24.5 Å². The quantitative estimate of drug-likeness (QED) is 0.513. The lowest BCUT2D eigenvalue weighted by atomic mass is 9.94. The highest BCUT2D eigenvalue weighted by Crippen LogP contribution is 2.39. The molecule has 2 aromatic heterocycles. The maximum Gasteiger partial charge on any atom is 0.421 e. The molecule has 1 fully saturated rings. The number of pyridine rings is 1. The number of hydrogen-bond acceptors (Lipinski definition) is 6. The number of aromatic nitrogens is 1. The molecule has 1 unspecified atom stereocenters. The van der Waals surface area contributed by atoms with E-state index in [2.05, 4.69) is 4.98 Å². The average molecular weight is 528 g/mol. The number of nitrogens with zero attached hydrogens (tertiary/aromatic N) is 2. The fourth-order valence-corrected chi connectivity index (χ4v) is 6.74. The molecule has 1 aromatic carbocycles. The first-order chi connectivity index (χ1) is 16.4. The molecule has 1 saturated heterocycles. The molecule has 12 heteroatoms. The van der Waals surface area contributed by atoms with E-state index >= 15 is 0 Å². The molecule has 2 atom stereocenters. The molecule has 0 saturated carbocycles. The molecular formula is C23H24F3N3O4S2. The molecule has 35 heavy (non-hydrogen) atoms. The second-order valence-corrected chi connectivity index (χ2v) is 11.6. The Bertz CT molecular complexity index is 1320. The zero-order chi connectivity index (χ0) is 25.4. The largest absolute Gasteiger partial charge is 0.421 e. The molecule has 0 spiro atoms. The van der Waals surface area contributed by atoms with E-state index in [0.717, 1.165) is 11.3 Å². The van der Waals surface area contributed by atoms with Crippen LogP contribution in [0.15, 0.2) is 69.1 Å². The van der Waals surface area contributed by atoms with Gasteiger partial charge in [0, 0.05) is 43.6 Å². The third-order valence-electron chi connectivity index (χ3n) is 6.16. The van der Waals surface area contributed by atoms with E-state index in [1.165, 1.54) is 40.8 Å². The Labute approximate surface area is 204 Å². The first-order valence-electron chi connectivity index (χ1n) is 10.8. The van der Waals surface area contributed by atoms with E-state index in [1.807, 2.05) is 4.90 Å². The van der Waals surface area contributed by atoms with Crippen LogP contribution in [-0.2, 0) is 22.0 Å². The predicted octanol–water partition coefficient (Wildman–Crippen LogP) is 3.33. The molecule has 1 aliphatic rings. The molecule has 4 rings (SSSR count). The van der Waals surface area contributed by atoms with Crippen molar-refractivity contribution >= 4 is 27.0 Å². The maximum absolute atomic E-state index is 13.2. The van der Waals surface area contributed by atoms with Crippen molar-refractivity contribution < 1.29 is 26.7 Å². The monoisotopic (exact) mass is 527 g/mol. The summed E-state index contributed by atoms with van der Waals surface area (Å²) in [4.78, 5) is 16.3. The van der Waals surface area contributed by atoms with Crippen molar-refractivity contribution in [1.82, 2.24) is 9.29 Å². The lowest BCUT2D eigenvalue weighted by Crippen LogP contribution is -2.55. The summed E-state index contributed by atoms with van der Waals surface area (Å²) >= 11 is 1.13. The Balaban J connectivity index is 1.64. The smallest absolute Gasteiger partial charge is 0.376 e. The van der Waals surface area contributed by atoms with Gasteiger partial charge in [-0.05, 0) is 54.1 Å². The van der Waals surface area contributed by atoms with Crippen LogP contribution in [-0.4, -0.2) is 54.7 Å². The second-order valence-electron chi connectivity index (χ2n) is 8.52. The summed E-state index contributed by atoms with van der Waals surface area (Å²) in [6.45, 7) is 1.32. The van der Waals surface area contributed by atoms with E-state index in [-0.39, 0.29) is 34.5 Å². The molecule has 3 heterocycles. The number of H-pyrrole nitrogens is 1. The fourth-order valence-electron chi connectivity index (χ4n) is 4.13. The number of alkyl halides is 3. The highest BCUT2D eigenvalue weighted by molar-refractivity contribution is 7.91. The molecule has 3 aromatic rings. The Kier molecular flexibility index (Phi) is 6.84. The SMILES string of the molecule is CC(O)(c1ccc(N2CCN(S(=O)(=O)c3cccs3)C[C@@H]2Cc2cc[nH]c(=O)c2)cc1)C(F)(F)F. The van der Waals surface area contributed by atoms with Gasteiger partial charge in [-0.1, -0.05) is 18.2 Å². The minimum atomic E-state index is -4.83. The van der Waals surface area contributed by atoms with Gasteiger partial charge in [0.15, 0.2) is 5.60 Å². The van der Waals surface area contributed by atoms with Crippen molar-refractivity contribution in [2.45, 2.75) is 35.4 Å². The highest BCUT2D eigenvalue weighted by Gasteiger charge is 2.51. The molecule has 2 N–H and O–H groups in total. The minimum Gasteiger partial charge on any atom is -0.376 e. The normalized spacial score (nSPS) is 19.5. The summed E-state index contributed by atoms with van der Waals surface area (Å²) < 4.78 is 67.6. The number of piperazine rings is 1. The van der Waals surface area contributed by atoms with E-state index in [1.54, 1.807) is 23.6 Å². The number of sulfonamides is 1. The third kappa shape index (κ3) is 5.15. The van der Waals surface area contributed by atoms with Crippen LogP contribution in [0.5, 0.6) is 0 Å². The summed E-state index contributed by atoms with van der Waals surface area (Å²) in [5.41, 5.74) is -2.28. The summed E-state index contributed by atoms with van der Waals surface area (Å²) in [5.74, 6) is 0. The van der Waals surface area contributed by atoms with Crippen LogP contribution in [0, 0.1) is 0 Å². The number of rotatable bonds is 6. The summed E-state index contributed by atoms with van der Waals surface area (Å²) in [6.07, 6.45) is -2.97. The molecule has 0 aliphatic carbocycles.